The molecule has 0 spiro atoms. The first kappa shape index (κ1) is 19.8. The summed E-state index contributed by atoms with van der Waals surface area (Å²) in [5, 5.41) is 10.8. The van der Waals surface area contributed by atoms with Gasteiger partial charge in [-0.2, -0.15) is 4.72 Å². The number of benzene rings is 1. The van der Waals surface area contributed by atoms with Gasteiger partial charge in [0, 0.05) is 19.2 Å². The molecule has 2 N–H and O–H groups in total. The molecule has 0 aliphatic rings. The van der Waals surface area contributed by atoms with E-state index in [1.165, 1.54) is 26.2 Å². The molecule has 2 aromatic heterocycles. The molecule has 3 aromatic rings. The lowest BCUT2D eigenvalue weighted by molar-refractivity contribution is -0.122. The summed E-state index contributed by atoms with van der Waals surface area (Å²) < 4.78 is 34.0. The zero-order valence-electron chi connectivity index (χ0n) is 15.5. The van der Waals surface area contributed by atoms with Gasteiger partial charge in [-0.25, -0.2) is 8.42 Å². The quantitative estimate of drug-likeness (QED) is 0.574. The van der Waals surface area contributed by atoms with E-state index in [9.17, 15) is 13.2 Å². The van der Waals surface area contributed by atoms with E-state index in [1.54, 1.807) is 12.1 Å². The zero-order valence-corrected chi connectivity index (χ0v) is 16.3. The Morgan fingerprint density at radius 3 is 2.64 bits per heavy atom. The second-order valence-electron chi connectivity index (χ2n) is 6.10. The third-order valence-electron chi connectivity index (χ3n) is 4.13. The molecule has 10 heteroatoms. The van der Waals surface area contributed by atoms with E-state index in [0.717, 1.165) is 5.65 Å². The van der Waals surface area contributed by atoms with Crippen LogP contribution in [0.15, 0.2) is 53.6 Å². The summed E-state index contributed by atoms with van der Waals surface area (Å²) in [6, 6.07) is 10.6. The standard InChI is InChI=1S/C18H21N5O4S/c1-13(22-28(25,26)15-8-6-14(27-2)7-9-15)18(24)19-11-10-17-21-20-16-5-3-4-12-23(16)17/h3-9,12-13,22H,10-11H2,1-2H3,(H,19,24)/t13-/m0/s1. The summed E-state index contributed by atoms with van der Waals surface area (Å²) in [4.78, 5) is 12.3. The number of carbonyl (C=O) groups is 1. The molecule has 0 unspecified atom stereocenters. The van der Waals surface area contributed by atoms with Crippen LogP contribution in [0.1, 0.15) is 12.7 Å². The van der Waals surface area contributed by atoms with Crippen molar-refractivity contribution in [2.75, 3.05) is 13.7 Å². The number of ether oxygens (including phenoxy) is 1. The van der Waals surface area contributed by atoms with Crippen molar-refractivity contribution in [2.45, 2.75) is 24.3 Å². The fourth-order valence-corrected chi connectivity index (χ4v) is 3.82. The molecule has 1 aromatic carbocycles. The second-order valence-corrected chi connectivity index (χ2v) is 7.82. The first-order chi connectivity index (χ1) is 13.4. The Labute approximate surface area is 162 Å². The van der Waals surface area contributed by atoms with Crippen LogP contribution in [0.3, 0.4) is 0 Å². The van der Waals surface area contributed by atoms with Gasteiger partial charge in [-0.15, -0.1) is 10.2 Å². The van der Waals surface area contributed by atoms with Gasteiger partial charge in [-0.05, 0) is 43.3 Å². The van der Waals surface area contributed by atoms with Gasteiger partial charge in [0.2, 0.25) is 15.9 Å². The number of pyridine rings is 1. The van der Waals surface area contributed by atoms with Gasteiger partial charge in [0.05, 0.1) is 18.0 Å². The van der Waals surface area contributed by atoms with Crippen molar-refractivity contribution < 1.29 is 17.9 Å². The van der Waals surface area contributed by atoms with E-state index in [1.807, 2.05) is 28.8 Å². The number of carbonyl (C=O) groups excluding carboxylic acids is 1. The molecule has 0 fully saturated rings. The third kappa shape index (κ3) is 4.46. The Balaban J connectivity index is 1.55. The number of fused-ring (bicyclic) bond motifs is 1. The average molecular weight is 403 g/mol. The molecule has 0 aliphatic heterocycles. The van der Waals surface area contributed by atoms with Gasteiger partial charge >= 0.3 is 0 Å². The van der Waals surface area contributed by atoms with Gasteiger partial charge in [-0.1, -0.05) is 6.07 Å². The van der Waals surface area contributed by atoms with Crippen molar-refractivity contribution in [2.24, 2.45) is 0 Å². The first-order valence-corrected chi connectivity index (χ1v) is 10.1. The first-order valence-electron chi connectivity index (χ1n) is 8.63. The Bertz CT molecular complexity index is 1060. The van der Waals surface area contributed by atoms with Gasteiger partial charge in [0.15, 0.2) is 5.65 Å². The summed E-state index contributed by atoms with van der Waals surface area (Å²) in [5.74, 6) is 0.832. The summed E-state index contributed by atoms with van der Waals surface area (Å²) in [6.07, 6.45) is 2.31. The topological polar surface area (TPSA) is 115 Å². The van der Waals surface area contributed by atoms with Crippen molar-refractivity contribution >= 4 is 21.6 Å². The number of rotatable bonds is 8. The van der Waals surface area contributed by atoms with Crippen LogP contribution in [-0.4, -0.2) is 48.6 Å². The molecule has 3 rings (SSSR count). The highest BCUT2D eigenvalue weighted by Crippen LogP contribution is 2.15. The van der Waals surface area contributed by atoms with Crippen LogP contribution in [0.2, 0.25) is 0 Å². The lowest BCUT2D eigenvalue weighted by Gasteiger charge is -2.14. The molecule has 9 nitrogen and oxygen atoms in total. The van der Waals surface area contributed by atoms with Crippen LogP contribution in [0.25, 0.3) is 5.65 Å². The van der Waals surface area contributed by atoms with E-state index >= 15 is 0 Å². The molecule has 148 valence electrons. The van der Waals surface area contributed by atoms with E-state index < -0.39 is 22.0 Å². The van der Waals surface area contributed by atoms with Crippen molar-refractivity contribution in [3.05, 3.63) is 54.5 Å². The minimum absolute atomic E-state index is 0.0582. The Hall–Kier alpha value is -2.98. The van der Waals surface area contributed by atoms with Gasteiger partial charge < -0.3 is 10.1 Å². The molecule has 28 heavy (non-hydrogen) atoms. The van der Waals surface area contributed by atoms with Crippen molar-refractivity contribution in [3.63, 3.8) is 0 Å². The highest BCUT2D eigenvalue weighted by Gasteiger charge is 2.22. The minimum Gasteiger partial charge on any atom is -0.497 e. The lowest BCUT2D eigenvalue weighted by atomic mass is 10.3. The summed E-state index contributed by atoms with van der Waals surface area (Å²) >= 11 is 0. The number of amides is 1. The van der Waals surface area contributed by atoms with Gasteiger partial charge in [-0.3, -0.25) is 9.20 Å². The molecular weight excluding hydrogens is 382 g/mol. The second kappa shape index (κ2) is 8.36. The SMILES string of the molecule is COc1ccc(S(=O)(=O)N[C@@H](C)C(=O)NCCc2nnc3ccccn23)cc1. The van der Waals surface area contributed by atoms with Crippen LogP contribution in [0.4, 0.5) is 0 Å². The molecule has 1 amide bonds. The lowest BCUT2D eigenvalue weighted by Crippen LogP contribution is -2.45. The summed E-state index contributed by atoms with van der Waals surface area (Å²) in [6.45, 7) is 1.80. The van der Waals surface area contributed by atoms with Gasteiger partial charge in [0.1, 0.15) is 11.6 Å². The summed E-state index contributed by atoms with van der Waals surface area (Å²) in [7, 11) is -2.32. The molecule has 0 radical (unpaired) electrons. The molecule has 0 aliphatic carbocycles. The van der Waals surface area contributed by atoms with Crippen LogP contribution in [0, 0.1) is 0 Å². The van der Waals surface area contributed by atoms with E-state index in [4.69, 9.17) is 4.74 Å². The Morgan fingerprint density at radius 1 is 1.18 bits per heavy atom. The maximum atomic E-state index is 12.4. The molecule has 0 bridgehead atoms. The monoisotopic (exact) mass is 403 g/mol. The minimum atomic E-state index is -3.82. The molecular formula is C18H21N5O4S. The summed E-state index contributed by atoms with van der Waals surface area (Å²) in [5.41, 5.74) is 0.726. The van der Waals surface area contributed by atoms with Crippen LogP contribution < -0.4 is 14.8 Å². The highest BCUT2D eigenvalue weighted by molar-refractivity contribution is 7.89. The van der Waals surface area contributed by atoms with Gasteiger partial charge in [0.25, 0.3) is 0 Å². The maximum Gasteiger partial charge on any atom is 0.241 e. The number of nitrogens with one attached hydrogen (secondary N) is 2. The Kier molecular flexibility index (Phi) is 5.90. The predicted octanol–water partition coefficient (Wildman–Crippen LogP) is 0.764. The molecule has 2 heterocycles. The van der Waals surface area contributed by atoms with Crippen LogP contribution in [-0.2, 0) is 21.2 Å². The fourth-order valence-electron chi connectivity index (χ4n) is 2.62. The van der Waals surface area contributed by atoms with E-state index in [2.05, 4.69) is 20.2 Å². The fraction of sp³-hybridized carbons (Fsp3) is 0.278. The number of nitrogens with zero attached hydrogens (tertiary/aromatic N) is 3. The average Bonchev–Trinajstić information content (AvgIpc) is 3.11. The van der Waals surface area contributed by atoms with Crippen molar-refractivity contribution in [1.29, 1.82) is 0 Å². The molecule has 1 atom stereocenters. The normalized spacial score (nSPS) is 12.6. The highest BCUT2D eigenvalue weighted by atomic mass is 32.2. The Morgan fingerprint density at radius 2 is 1.93 bits per heavy atom. The third-order valence-corrected chi connectivity index (χ3v) is 5.68. The van der Waals surface area contributed by atoms with E-state index in [0.29, 0.717) is 24.5 Å². The number of aromatic nitrogens is 3. The number of hydrogen-bond donors (Lipinski definition) is 2. The molecule has 0 saturated heterocycles. The molecule has 0 saturated carbocycles. The number of hydrogen-bond acceptors (Lipinski definition) is 6. The number of methoxy groups -OCH3 is 1. The van der Waals surface area contributed by atoms with E-state index in [-0.39, 0.29) is 4.90 Å². The predicted molar refractivity (Wildman–Crippen MR) is 102 cm³/mol. The maximum absolute atomic E-state index is 12.4. The zero-order chi connectivity index (χ0) is 20.1. The smallest absolute Gasteiger partial charge is 0.241 e. The largest absolute Gasteiger partial charge is 0.497 e. The van der Waals surface area contributed by atoms with Crippen molar-refractivity contribution in [3.8, 4) is 5.75 Å². The van der Waals surface area contributed by atoms with Crippen LogP contribution >= 0.6 is 0 Å². The number of sulfonamides is 1. The van der Waals surface area contributed by atoms with Crippen LogP contribution in [0.5, 0.6) is 5.75 Å². The van der Waals surface area contributed by atoms with Crippen molar-refractivity contribution in [1.82, 2.24) is 24.6 Å².